The number of hydrogen-bond acceptors (Lipinski definition) is 1. The summed E-state index contributed by atoms with van der Waals surface area (Å²) >= 11 is 0. The van der Waals surface area contributed by atoms with Crippen molar-refractivity contribution in [1.82, 2.24) is 4.90 Å². The molecule has 0 aromatic heterocycles. The molecule has 0 aliphatic carbocycles. The summed E-state index contributed by atoms with van der Waals surface area (Å²) in [6.45, 7) is 7.95. The van der Waals surface area contributed by atoms with Crippen molar-refractivity contribution in [2.45, 2.75) is 26.7 Å². The summed E-state index contributed by atoms with van der Waals surface area (Å²) in [6.07, 6.45) is 3.56. The van der Waals surface area contributed by atoms with Crippen molar-refractivity contribution in [1.29, 1.82) is 0 Å². The van der Waals surface area contributed by atoms with Gasteiger partial charge in [-0.25, -0.2) is 0 Å². The second kappa shape index (κ2) is 5.79. The first-order valence-corrected chi connectivity index (χ1v) is 4.81. The van der Waals surface area contributed by atoms with Crippen LogP contribution in [0.15, 0.2) is 12.7 Å². The maximum absolute atomic E-state index is 11.6. The summed E-state index contributed by atoms with van der Waals surface area (Å²) in [5.41, 5.74) is 0. The Kier molecular flexibility index (Phi) is 5.44. The molecule has 0 bridgehead atoms. The molecule has 1 amide bonds. The highest BCUT2D eigenvalue weighted by Crippen LogP contribution is 2.17. The van der Waals surface area contributed by atoms with Crippen LogP contribution in [-0.2, 0) is 4.79 Å². The molecule has 0 unspecified atom stereocenters. The fourth-order valence-corrected chi connectivity index (χ4v) is 1.43. The van der Waals surface area contributed by atoms with E-state index in [1.165, 1.54) is 0 Å². The molecule has 2 heteroatoms. The van der Waals surface area contributed by atoms with Crippen LogP contribution in [0, 0.1) is 11.8 Å². The van der Waals surface area contributed by atoms with E-state index >= 15 is 0 Å². The predicted octanol–water partition coefficient (Wildman–Crippen LogP) is 2.31. The highest BCUT2D eigenvalue weighted by Gasteiger charge is 2.19. The molecule has 0 aromatic carbocycles. The van der Waals surface area contributed by atoms with Gasteiger partial charge in [-0.1, -0.05) is 19.9 Å². The summed E-state index contributed by atoms with van der Waals surface area (Å²) in [6, 6.07) is 0. The lowest BCUT2D eigenvalue weighted by atomic mass is 9.93. The fourth-order valence-electron chi connectivity index (χ4n) is 1.43. The van der Waals surface area contributed by atoms with Crippen LogP contribution in [0.2, 0.25) is 0 Å². The first-order chi connectivity index (χ1) is 5.99. The first kappa shape index (κ1) is 12.2. The zero-order valence-corrected chi connectivity index (χ0v) is 9.21. The van der Waals surface area contributed by atoms with E-state index in [0.29, 0.717) is 5.92 Å². The third kappa shape index (κ3) is 4.71. The Hall–Kier alpha value is -0.790. The molecular weight excluding hydrogens is 162 g/mol. The average molecular weight is 183 g/mol. The number of amides is 1. The number of carbonyl (C=O) groups excluding carboxylic acids is 1. The molecule has 0 rings (SSSR count). The van der Waals surface area contributed by atoms with Crippen molar-refractivity contribution >= 4 is 5.91 Å². The Labute approximate surface area is 81.6 Å². The molecule has 0 fully saturated rings. The molecule has 2 nitrogen and oxygen atoms in total. The fraction of sp³-hybridized carbons (Fsp3) is 0.727. The van der Waals surface area contributed by atoms with Crippen LogP contribution in [-0.4, -0.2) is 24.9 Å². The van der Waals surface area contributed by atoms with Crippen LogP contribution in [0.5, 0.6) is 0 Å². The Balaban J connectivity index is 4.23. The van der Waals surface area contributed by atoms with Gasteiger partial charge in [0.15, 0.2) is 0 Å². The molecule has 0 aliphatic rings. The van der Waals surface area contributed by atoms with Gasteiger partial charge < -0.3 is 4.90 Å². The standard InChI is InChI=1S/C11H21NO/c1-6-7-10(8-9(2)3)11(13)12(4)5/h6,9-10H,1,7-8H2,2-5H3/t10-/m0/s1. The van der Waals surface area contributed by atoms with Crippen molar-refractivity contribution in [3.8, 4) is 0 Å². The van der Waals surface area contributed by atoms with Gasteiger partial charge in [0.25, 0.3) is 0 Å². The topological polar surface area (TPSA) is 20.3 Å². The van der Waals surface area contributed by atoms with Crippen LogP contribution in [0.4, 0.5) is 0 Å². The zero-order chi connectivity index (χ0) is 10.4. The molecule has 0 heterocycles. The van der Waals surface area contributed by atoms with E-state index in [2.05, 4.69) is 20.4 Å². The van der Waals surface area contributed by atoms with Gasteiger partial charge in [0.1, 0.15) is 0 Å². The highest BCUT2D eigenvalue weighted by atomic mass is 16.2. The van der Waals surface area contributed by atoms with Gasteiger partial charge in [-0.2, -0.15) is 0 Å². The van der Waals surface area contributed by atoms with E-state index in [1.54, 1.807) is 19.0 Å². The maximum atomic E-state index is 11.6. The van der Waals surface area contributed by atoms with E-state index in [9.17, 15) is 4.79 Å². The number of rotatable bonds is 5. The lowest BCUT2D eigenvalue weighted by Crippen LogP contribution is -2.30. The number of carbonyl (C=O) groups is 1. The first-order valence-electron chi connectivity index (χ1n) is 4.81. The zero-order valence-electron chi connectivity index (χ0n) is 9.21. The van der Waals surface area contributed by atoms with Gasteiger partial charge in [0.2, 0.25) is 5.91 Å². The molecule has 0 saturated carbocycles. The van der Waals surface area contributed by atoms with E-state index in [-0.39, 0.29) is 11.8 Å². The normalized spacial score (nSPS) is 12.7. The smallest absolute Gasteiger partial charge is 0.225 e. The number of allylic oxidation sites excluding steroid dienone is 1. The molecule has 0 spiro atoms. The Morgan fingerprint density at radius 2 is 2.00 bits per heavy atom. The SMILES string of the molecule is C=CC[C@@H](CC(C)C)C(=O)N(C)C. The molecule has 0 aromatic rings. The Morgan fingerprint density at radius 1 is 1.46 bits per heavy atom. The lowest BCUT2D eigenvalue weighted by molar-refractivity contribution is -0.133. The van der Waals surface area contributed by atoms with Gasteiger partial charge in [-0.3, -0.25) is 4.79 Å². The predicted molar refractivity (Wildman–Crippen MR) is 56.5 cm³/mol. The lowest BCUT2D eigenvalue weighted by Gasteiger charge is -2.20. The monoisotopic (exact) mass is 183 g/mol. The van der Waals surface area contributed by atoms with Crippen LogP contribution < -0.4 is 0 Å². The summed E-state index contributed by atoms with van der Waals surface area (Å²) < 4.78 is 0. The minimum atomic E-state index is 0.118. The molecule has 13 heavy (non-hydrogen) atoms. The van der Waals surface area contributed by atoms with Crippen molar-refractivity contribution in [2.24, 2.45) is 11.8 Å². The van der Waals surface area contributed by atoms with Gasteiger partial charge in [0, 0.05) is 20.0 Å². The van der Waals surface area contributed by atoms with Gasteiger partial charge in [-0.15, -0.1) is 6.58 Å². The minimum absolute atomic E-state index is 0.118. The third-order valence-corrected chi connectivity index (χ3v) is 2.00. The summed E-state index contributed by atoms with van der Waals surface area (Å²) in [5.74, 6) is 0.898. The molecule has 0 N–H and O–H groups in total. The molecule has 0 saturated heterocycles. The van der Waals surface area contributed by atoms with E-state index in [4.69, 9.17) is 0 Å². The maximum Gasteiger partial charge on any atom is 0.225 e. The quantitative estimate of drug-likeness (QED) is 0.599. The van der Waals surface area contributed by atoms with Gasteiger partial charge >= 0.3 is 0 Å². The second-order valence-corrected chi connectivity index (χ2v) is 4.08. The van der Waals surface area contributed by atoms with Crippen LogP contribution in [0.3, 0.4) is 0 Å². The summed E-state index contributed by atoms with van der Waals surface area (Å²) in [5, 5.41) is 0. The van der Waals surface area contributed by atoms with Crippen molar-refractivity contribution < 1.29 is 4.79 Å². The Bertz CT molecular complexity index is 173. The number of hydrogen-bond donors (Lipinski definition) is 0. The second-order valence-electron chi connectivity index (χ2n) is 4.08. The number of nitrogens with zero attached hydrogens (tertiary/aromatic N) is 1. The highest BCUT2D eigenvalue weighted by molar-refractivity contribution is 5.78. The minimum Gasteiger partial charge on any atom is -0.349 e. The largest absolute Gasteiger partial charge is 0.349 e. The molecule has 76 valence electrons. The van der Waals surface area contributed by atoms with Gasteiger partial charge in [0.05, 0.1) is 0 Å². The van der Waals surface area contributed by atoms with Crippen LogP contribution >= 0.6 is 0 Å². The Morgan fingerprint density at radius 3 is 2.31 bits per heavy atom. The van der Waals surface area contributed by atoms with Crippen molar-refractivity contribution in [3.63, 3.8) is 0 Å². The van der Waals surface area contributed by atoms with E-state index < -0.39 is 0 Å². The van der Waals surface area contributed by atoms with Crippen LogP contribution in [0.25, 0.3) is 0 Å². The van der Waals surface area contributed by atoms with E-state index in [0.717, 1.165) is 12.8 Å². The van der Waals surface area contributed by atoms with E-state index in [1.807, 2.05) is 6.08 Å². The van der Waals surface area contributed by atoms with Gasteiger partial charge in [-0.05, 0) is 18.8 Å². The molecule has 0 aliphatic heterocycles. The average Bonchev–Trinajstić information content (AvgIpc) is 2.01. The molecule has 1 atom stereocenters. The summed E-state index contributed by atoms with van der Waals surface area (Å²) in [4.78, 5) is 13.3. The van der Waals surface area contributed by atoms with Crippen LogP contribution in [0.1, 0.15) is 26.7 Å². The van der Waals surface area contributed by atoms with Crippen molar-refractivity contribution in [3.05, 3.63) is 12.7 Å². The van der Waals surface area contributed by atoms with Crippen molar-refractivity contribution in [2.75, 3.05) is 14.1 Å². The molecule has 0 radical (unpaired) electrons. The summed E-state index contributed by atoms with van der Waals surface area (Å²) in [7, 11) is 3.61. The molecular formula is C11H21NO. The third-order valence-electron chi connectivity index (χ3n) is 2.00.